The second kappa shape index (κ2) is 8.51. The zero-order valence-corrected chi connectivity index (χ0v) is 11.6. The van der Waals surface area contributed by atoms with Gasteiger partial charge in [0, 0.05) is 11.9 Å². The SMILES string of the molecule is C=C/C(=C\C=C(C)C)c1ccc(C)nc1.CC. The summed E-state index contributed by atoms with van der Waals surface area (Å²) in [4.78, 5) is 4.27. The zero-order valence-electron chi connectivity index (χ0n) is 11.6. The molecule has 17 heavy (non-hydrogen) atoms. The van der Waals surface area contributed by atoms with Crippen molar-refractivity contribution in [2.24, 2.45) is 0 Å². The number of allylic oxidation sites excluding steroid dienone is 5. The van der Waals surface area contributed by atoms with Crippen molar-refractivity contribution < 1.29 is 0 Å². The first-order valence-electron chi connectivity index (χ1n) is 6.04. The molecule has 0 aliphatic rings. The second-order valence-corrected chi connectivity index (χ2v) is 3.76. The predicted octanol–water partition coefficient (Wildman–Crippen LogP) is 4.95. The first-order valence-corrected chi connectivity index (χ1v) is 6.04. The fourth-order valence-electron chi connectivity index (χ4n) is 1.18. The van der Waals surface area contributed by atoms with Crippen molar-refractivity contribution in [3.63, 3.8) is 0 Å². The van der Waals surface area contributed by atoms with E-state index in [9.17, 15) is 0 Å². The Labute approximate surface area is 106 Å². The molecule has 0 spiro atoms. The number of rotatable bonds is 3. The van der Waals surface area contributed by atoms with Gasteiger partial charge in [-0.25, -0.2) is 0 Å². The molecule has 1 aromatic heterocycles. The number of hydrogen-bond donors (Lipinski definition) is 0. The van der Waals surface area contributed by atoms with Gasteiger partial charge in [0.1, 0.15) is 0 Å². The van der Waals surface area contributed by atoms with E-state index in [1.165, 1.54) is 5.57 Å². The van der Waals surface area contributed by atoms with Crippen LogP contribution in [0, 0.1) is 6.92 Å². The summed E-state index contributed by atoms with van der Waals surface area (Å²) in [5.74, 6) is 0. The van der Waals surface area contributed by atoms with Crippen LogP contribution in [0.15, 0.2) is 48.7 Å². The summed E-state index contributed by atoms with van der Waals surface area (Å²) in [6.45, 7) is 13.9. The molecule has 1 nitrogen and oxygen atoms in total. The fraction of sp³-hybridized carbons (Fsp3) is 0.312. The molecule has 92 valence electrons. The van der Waals surface area contributed by atoms with Crippen LogP contribution < -0.4 is 0 Å². The van der Waals surface area contributed by atoms with Crippen LogP contribution in [-0.4, -0.2) is 4.98 Å². The van der Waals surface area contributed by atoms with E-state index in [1.54, 1.807) is 0 Å². The lowest BCUT2D eigenvalue weighted by atomic mass is 10.1. The second-order valence-electron chi connectivity index (χ2n) is 3.76. The minimum atomic E-state index is 1.03. The van der Waals surface area contributed by atoms with Crippen LogP contribution in [0.3, 0.4) is 0 Å². The molecule has 0 fully saturated rings. The summed E-state index contributed by atoms with van der Waals surface area (Å²) in [7, 11) is 0. The van der Waals surface area contributed by atoms with Gasteiger partial charge in [0.15, 0.2) is 0 Å². The number of aryl methyl sites for hydroxylation is 1. The normalized spacial score (nSPS) is 10.1. The van der Waals surface area contributed by atoms with Gasteiger partial charge in [-0.05, 0) is 38.0 Å². The van der Waals surface area contributed by atoms with Crippen LogP contribution in [0.2, 0.25) is 0 Å². The van der Waals surface area contributed by atoms with Crippen molar-refractivity contribution in [3.8, 4) is 0 Å². The Kier molecular flexibility index (Phi) is 7.70. The van der Waals surface area contributed by atoms with E-state index in [0.717, 1.165) is 16.8 Å². The number of hydrogen-bond acceptors (Lipinski definition) is 1. The molecule has 0 saturated heterocycles. The number of aromatic nitrogens is 1. The highest BCUT2D eigenvalue weighted by Gasteiger charge is 1.96. The zero-order chi connectivity index (χ0) is 13.3. The summed E-state index contributed by atoms with van der Waals surface area (Å²) >= 11 is 0. The maximum Gasteiger partial charge on any atom is 0.0373 e. The molecule has 0 saturated carbocycles. The van der Waals surface area contributed by atoms with Crippen LogP contribution in [0.5, 0.6) is 0 Å². The predicted molar refractivity (Wildman–Crippen MR) is 77.9 cm³/mol. The van der Waals surface area contributed by atoms with E-state index in [-0.39, 0.29) is 0 Å². The lowest BCUT2D eigenvalue weighted by Gasteiger charge is -2.01. The highest BCUT2D eigenvalue weighted by atomic mass is 14.7. The Hall–Kier alpha value is -1.63. The van der Waals surface area contributed by atoms with Crippen LogP contribution >= 0.6 is 0 Å². The lowest BCUT2D eigenvalue weighted by Crippen LogP contribution is -1.85. The minimum Gasteiger partial charge on any atom is -0.261 e. The largest absolute Gasteiger partial charge is 0.261 e. The fourth-order valence-corrected chi connectivity index (χ4v) is 1.18. The first-order chi connectivity index (χ1) is 8.13. The standard InChI is InChI=1S/C14H17N.C2H6/c1-5-13(8-6-11(2)3)14-9-7-12(4)15-10-14;1-2/h5-10H,1H2,2-4H3;1-2H3/b13-8+;. The molecular formula is C16H23N. The van der Waals surface area contributed by atoms with Crippen LogP contribution in [0.25, 0.3) is 5.57 Å². The maximum absolute atomic E-state index is 4.27. The smallest absolute Gasteiger partial charge is 0.0373 e. The third kappa shape index (κ3) is 5.86. The van der Waals surface area contributed by atoms with Crippen molar-refractivity contribution in [1.82, 2.24) is 4.98 Å². The van der Waals surface area contributed by atoms with Gasteiger partial charge in [-0.1, -0.05) is 50.3 Å². The van der Waals surface area contributed by atoms with Crippen molar-refractivity contribution in [3.05, 3.63) is 60.0 Å². The van der Waals surface area contributed by atoms with Crippen LogP contribution in [-0.2, 0) is 0 Å². The van der Waals surface area contributed by atoms with E-state index >= 15 is 0 Å². The van der Waals surface area contributed by atoms with Gasteiger partial charge in [0.2, 0.25) is 0 Å². The molecular weight excluding hydrogens is 206 g/mol. The van der Waals surface area contributed by atoms with Gasteiger partial charge in [0.05, 0.1) is 0 Å². The third-order valence-electron chi connectivity index (χ3n) is 2.06. The Morgan fingerprint density at radius 2 is 1.82 bits per heavy atom. The van der Waals surface area contributed by atoms with Crippen molar-refractivity contribution in [2.75, 3.05) is 0 Å². The Morgan fingerprint density at radius 3 is 2.24 bits per heavy atom. The van der Waals surface area contributed by atoms with E-state index < -0.39 is 0 Å². The highest BCUT2D eigenvalue weighted by molar-refractivity contribution is 5.74. The van der Waals surface area contributed by atoms with Gasteiger partial charge in [0.25, 0.3) is 0 Å². The van der Waals surface area contributed by atoms with Crippen molar-refractivity contribution in [1.29, 1.82) is 0 Å². The molecule has 0 unspecified atom stereocenters. The average molecular weight is 229 g/mol. The van der Waals surface area contributed by atoms with E-state index in [0.29, 0.717) is 0 Å². The summed E-state index contributed by atoms with van der Waals surface area (Å²) < 4.78 is 0. The van der Waals surface area contributed by atoms with Crippen LogP contribution in [0.4, 0.5) is 0 Å². The molecule has 1 aromatic rings. The molecule has 0 amide bonds. The lowest BCUT2D eigenvalue weighted by molar-refractivity contribution is 1.19. The van der Waals surface area contributed by atoms with Gasteiger partial charge < -0.3 is 0 Å². The Balaban J connectivity index is 0.00000121. The van der Waals surface area contributed by atoms with Crippen molar-refractivity contribution in [2.45, 2.75) is 34.6 Å². The van der Waals surface area contributed by atoms with Gasteiger partial charge in [-0.2, -0.15) is 0 Å². The summed E-state index contributed by atoms with van der Waals surface area (Å²) in [6.07, 6.45) is 7.87. The number of nitrogens with zero attached hydrogens (tertiary/aromatic N) is 1. The molecule has 0 atom stereocenters. The summed E-state index contributed by atoms with van der Waals surface area (Å²) in [5.41, 5.74) is 4.51. The molecule has 0 N–H and O–H groups in total. The molecule has 0 bridgehead atoms. The topological polar surface area (TPSA) is 12.9 Å². The van der Waals surface area contributed by atoms with E-state index in [4.69, 9.17) is 0 Å². The molecule has 1 heteroatoms. The maximum atomic E-state index is 4.27. The molecule has 0 aliphatic carbocycles. The van der Waals surface area contributed by atoms with Crippen LogP contribution in [0.1, 0.15) is 39.0 Å². The Morgan fingerprint density at radius 1 is 1.18 bits per heavy atom. The van der Waals surface area contributed by atoms with Gasteiger partial charge in [-0.3, -0.25) is 4.98 Å². The first kappa shape index (κ1) is 15.4. The third-order valence-corrected chi connectivity index (χ3v) is 2.06. The summed E-state index contributed by atoms with van der Waals surface area (Å²) in [5, 5.41) is 0. The molecule has 1 heterocycles. The molecule has 0 aliphatic heterocycles. The van der Waals surface area contributed by atoms with Gasteiger partial charge in [-0.15, -0.1) is 0 Å². The summed E-state index contributed by atoms with van der Waals surface area (Å²) in [6, 6.07) is 4.07. The average Bonchev–Trinajstić information content (AvgIpc) is 2.34. The van der Waals surface area contributed by atoms with E-state index in [1.807, 2.05) is 39.1 Å². The van der Waals surface area contributed by atoms with E-state index in [2.05, 4.69) is 43.6 Å². The van der Waals surface area contributed by atoms with Crippen molar-refractivity contribution >= 4 is 5.57 Å². The molecule has 1 rings (SSSR count). The monoisotopic (exact) mass is 229 g/mol. The highest BCUT2D eigenvalue weighted by Crippen LogP contribution is 2.15. The minimum absolute atomic E-state index is 1.03. The Bertz CT molecular complexity index is 390. The number of pyridine rings is 1. The quantitative estimate of drug-likeness (QED) is 0.668. The van der Waals surface area contributed by atoms with Gasteiger partial charge >= 0.3 is 0 Å². The molecule has 0 radical (unpaired) electrons. The molecule has 0 aromatic carbocycles.